The van der Waals surface area contributed by atoms with E-state index in [1.165, 1.54) is 0 Å². The summed E-state index contributed by atoms with van der Waals surface area (Å²) in [4.78, 5) is 8.33. The van der Waals surface area contributed by atoms with E-state index in [2.05, 4.69) is 0 Å². The number of carbonyl (C=O) groups excluding carboxylic acids is 1. The van der Waals surface area contributed by atoms with Crippen molar-refractivity contribution in [3.8, 4) is 0 Å². The summed E-state index contributed by atoms with van der Waals surface area (Å²) >= 11 is 0. The number of rotatable bonds is 0. The molecule has 0 aliphatic heterocycles. The first-order chi connectivity index (χ1) is 1.73. The zero-order valence-electron chi connectivity index (χ0n) is 2.51. The minimum absolute atomic E-state index is 0. The van der Waals surface area contributed by atoms with Crippen LogP contribution in [0, 0.1) is 0 Å². The van der Waals surface area contributed by atoms with Crippen LogP contribution >= 0.6 is 0 Å². The number of hydrogen-bond acceptors (Lipinski definition) is 4. The fourth-order valence-corrected chi connectivity index (χ4v) is 0. The maximum Gasteiger partial charge on any atom is 3.00 e. The van der Waals surface area contributed by atoms with Gasteiger partial charge in [-0.25, -0.2) is 0 Å². The van der Waals surface area contributed by atoms with Crippen LogP contribution < -0.4 is 10.2 Å². The average Bonchev–Trinajstić information content (AvgIpc) is 0.811. The van der Waals surface area contributed by atoms with E-state index in [-0.39, 0.29) is 22.3 Å². The van der Waals surface area contributed by atoms with Gasteiger partial charge >= 0.3 is 16.8 Å². The van der Waals surface area contributed by atoms with Gasteiger partial charge in [-0.05, 0) is 6.16 Å². The first-order valence-corrected chi connectivity index (χ1v) is 0.612. The van der Waals surface area contributed by atoms with Crippen molar-refractivity contribution in [2.75, 3.05) is 0 Å². The molecule has 0 fully saturated rings. The van der Waals surface area contributed by atoms with Crippen LogP contribution in [-0.2, 0) is 16.8 Å². The van der Waals surface area contributed by atoms with E-state index in [4.69, 9.17) is 15.0 Å². The van der Waals surface area contributed by atoms with E-state index in [1.807, 2.05) is 0 Å². The van der Waals surface area contributed by atoms with Crippen molar-refractivity contribution in [3.05, 3.63) is 0 Å². The molecule has 0 unspecified atom stereocenters. The summed E-state index contributed by atoms with van der Waals surface area (Å²) in [6.07, 6.45) is -2.33. The fraction of sp³-hybridized carbons (Fsp3) is 0. The molecular weight excluding hydrogens is 135 g/mol. The molecule has 0 bridgehead atoms. The molecule has 0 radical (unpaired) electrons. The second kappa shape index (κ2) is 8.83. The quantitative estimate of drug-likeness (QED) is 0.364. The molecule has 0 rings (SSSR count). The molecule has 4 nitrogen and oxygen atoms in total. The molecule has 5 heteroatoms. The Bertz CT molecular complexity index is 30.5. The van der Waals surface area contributed by atoms with Crippen molar-refractivity contribution in [2.45, 2.75) is 0 Å². The predicted octanol–water partition coefficient (Wildman–Crippen LogP) is -2.63. The van der Waals surface area contributed by atoms with Gasteiger partial charge in [0.2, 0.25) is 0 Å². The van der Waals surface area contributed by atoms with Crippen LogP contribution in [0.5, 0.6) is 0 Å². The SMILES string of the molecule is O=C([O-])[O-].[Co+3].[OH-]. The Kier molecular flexibility index (Phi) is 25.3. The molecule has 0 aliphatic rings. The van der Waals surface area contributed by atoms with Gasteiger partial charge in [-0.1, -0.05) is 0 Å². The van der Waals surface area contributed by atoms with Crippen molar-refractivity contribution in [1.29, 1.82) is 0 Å². The van der Waals surface area contributed by atoms with E-state index in [9.17, 15) is 0 Å². The van der Waals surface area contributed by atoms with E-state index in [0.29, 0.717) is 0 Å². The molecule has 0 aromatic carbocycles. The summed E-state index contributed by atoms with van der Waals surface area (Å²) in [6.45, 7) is 0. The molecule has 0 saturated heterocycles. The van der Waals surface area contributed by atoms with Gasteiger partial charge < -0.3 is 20.5 Å². The van der Waals surface area contributed by atoms with Gasteiger partial charge in [-0.2, -0.15) is 0 Å². The topological polar surface area (TPSA) is 93.2 Å². The summed E-state index contributed by atoms with van der Waals surface area (Å²) < 4.78 is 0. The summed E-state index contributed by atoms with van der Waals surface area (Å²) in [6, 6.07) is 0. The normalized spacial score (nSPS) is 4.00. The molecule has 0 saturated carbocycles. The molecule has 0 amide bonds. The van der Waals surface area contributed by atoms with E-state index >= 15 is 0 Å². The van der Waals surface area contributed by atoms with Crippen LogP contribution in [0.1, 0.15) is 0 Å². The Labute approximate surface area is 44.3 Å². The second-order valence-corrected chi connectivity index (χ2v) is 0.250. The third-order valence-corrected chi connectivity index (χ3v) is 0. The van der Waals surface area contributed by atoms with Crippen LogP contribution in [0.15, 0.2) is 0 Å². The summed E-state index contributed by atoms with van der Waals surface area (Å²) in [7, 11) is 0. The van der Waals surface area contributed by atoms with Crippen LogP contribution in [-0.4, -0.2) is 11.6 Å². The van der Waals surface area contributed by atoms with Gasteiger partial charge in [-0.15, -0.1) is 0 Å². The molecular formula is CHCoO4. The summed E-state index contributed by atoms with van der Waals surface area (Å²) in [5.74, 6) is 0. The fourth-order valence-electron chi connectivity index (χ4n) is 0. The van der Waals surface area contributed by atoms with Gasteiger partial charge in [0.1, 0.15) is 0 Å². The van der Waals surface area contributed by atoms with E-state index < -0.39 is 6.16 Å². The zero-order valence-corrected chi connectivity index (χ0v) is 3.55. The molecule has 0 aliphatic carbocycles. The van der Waals surface area contributed by atoms with E-state index in [0.717, 1.165) is 0 Å². The molecule has 38 valence electrons. The molecule has 0 spiro atoms. The van der Waals surface area contributed by atoms with Gasteiger partial charge in [0.15, 0.2) is 0 Å². The molecule has 0 atom stereocenters. The van der Waals surface area contributed by atoms with Crippen molar-refractivity contribution in [3.63, 3.8) is 0 Å². The number of carbonyl (C=O) groups is 1. The minimum Gasteiger partial charge on any atom is -0.870 e. The molecule has 0 aromatic heterocycles. The Morgan fingerprint density at radius 1 is 1.33 bits per heavy atom. The van der Waals surface area contributed by atoms with Gasteiger partial charge in [-0.3, -0.25) is 0 Å². The molecule has 0 heterocycles. The van der Waals surface area contributed by atoms with E-state index in [1.54, 1.807) is 0 Å². The summed E-state index contributed by atoms with van der Waals surface area (Å²) in [5, 5.41) is 16.7. The maximum absolute atomic E-state index is 8.33. The number of carboxylic acid groups (broad SMARTS) is 2. The van der Waals surface area contributed by atoms with Gasteiger partial charge in [0, 0.05) is 0 Å². The second-order valence-electron chi connectivity index (χ2n) is 0.250. The van der Waals surface area contributed by atoms with Crippen LogP contribution in [0.4, 0.5) is 4.79 Å². The Balaban J connectivity index is -0.0000000450. The molecule has 0 aromatic rings. The van der Waals surface area contributed by atoms with Gasteiger partial charge in [0.05, 0.1) is 0 Å². The van der Waals surface area contributed by atoms with Gasteiger partial charge in [0.25, 0.3) is 0 Å². The number of hydrogen-bond donors (Lipinski definition) is 0. The summed E-state index contributed by atoms with van der Waals surface area (Å²) in [5.41, 5.74) is 0. The third-order valence-electron chi connectivity index (χ3n) is 0. The van der Waals surface area contributed by atoms with Crippen LogP contribution in [0.2, 0.25) is 0 Å². The predicted molar refractivity (Wildman–Crippen MR) is 7.33 cm³/mol. The maximum atomic E-state index is 8.33. The Hall–Kier alpha value is -0.264. The first kappa shape index (κ1) is 17.2. The van der Waals surface area contributed by atoms with Crippen molar-refractivity contribution < 1.29 is 37.3 Å². The smallest absolute Gasteiger partial charge is 0.870 e. The standard InChI is InChI=1S/CH2O3.Co.H2O/c2-1(3)4;;/h(H2,2,3,4);;1H2/q;+3;/p-3. The van der Waals surface area contributed by atoms with Crippen LogP contribution in [0.3, 0.4) is 0 Å². The molecule has 1 N–H and O–H groups in total. The van der Waals surface area contributed by atoms with Crippen molar-refractivity contribution in [2.24, 2.45) is 0 Å². The minimum atomic E-state index is -2.33. The Morgan fingerprint density at radius 2 is 1.33 bits per heavy atom. The monoisotopic (exact) mass is 136 g/mol. The van der Waals surface area contributed by atoms with Crippen LogP contribution in [0.25, 0.3) is 0 Å². The largest absolute Gasteiger partial charge is 3.00 e. The Morgan fingerprint density at radius 3 is 1.33 bits per heavy atom. The first-order valence-electron chi connectivity index (χ1n) is 0.612. The zero-order chi connectivity index (χ0) is 3.58. The third kappa shape index (κ3) is 403. The average molecular weight is 136 g/mol. The molecule has 6 heavy (non-hydrogen) atoms. The van der Waals surface area contributed by atoms with Crippen molar-refractivity contribution in [1.82, 2.24) is 0 Å². The van der Waals surface area contributed by atoms with Crippen molar-refractivity contribution >= 4 is 6.16 Å².